The Morgan fingerprint density at radius 2 is 2.28 bits per heavy atom. The molecular weight excluding hydrogens is 247 g/mol. The smallest absolute Gasteiger partial charge is 0.405 e. The summed E-state index contributed by atoms with van der Waals surface area (Å²) < 4.78 is 41.7. The van der Waals surface area contributed by atoms with Gasteiger partial charge in [0.2, 0.25) is 5.88 Å². The lowest BCUT2D eigenvalue weighted by Gasteiger charge is -2.13. The first-order chi connectivity index (χ1) is 8.47. The van der Waals surface area contributed by atoms with E-state index in [1.54, 1.807) is 12.1 Å². The van der Waals surface area contributed by atoms with Crippen molar-refractivity contribution in [3.8, 4) is 11.9 Å². The number of halogens is 3. The molecule has 0 radical (unpaired) electrons. The van der Waals surface area contributed by atoms with Crippen molar-refractivity contribution in [1.29, 1.82) is 5.26 Å². The fourth-order valence-corrected chi connectivity index (χ4v) is 1.27. The van der Waals surface area contributed by atoms with E-state index in [0.29, 0.717) is 5.88 Å². The van der Waals surface area contributed by atoms with Crippen LogP contribution in [0.4, 0.5) is 13.2 Å². The third-order valence-electron chi connectivity index (χ3n) is 2.24. The molecule has 1 N–H and O–H groups in total. The number of pyridine rings is 1. The van der Waals surface area contributed by atoms with Gasteiger partial charge in [0.1, 0.15) is 0 Å². The molecule has 18 heavy (non-hydrogen) atoms. The number of hydrogen-bond acceptors (Lipinski definition) is 4. The molecule has 7 heteroatoms. The van der Waals surface area contributed by atoms with E-state index in [0.717, 1.165) is 5.56 Å². The molecule has 4 nitrogen and oxygen atoms in total. The summed E-state index contributed by atoms with van der Waals surface area (Å²) in [5, 5.41) is 11.0. The van der Waals surface area contributed by atoms with Crippen LogP contribution in [0.3, 0.4) is 0 Å². The molecule has 0 aromatic carbocycles. The number of nitrogens with zero attached hydrogens (tertiary/aromatic N) is 2. The van der Waals surface area contributed by atoms with Crippen molar-refractivity contribution in [2.24, 2.45) is 5.92 Å². The largest absolute Gasteiger partial charge is 0.481 e. The second kappa shape index (κ2) is 6.21. The molecule has 0 saturated carbocycles. The van der Waals surface area contributed by atoms with Crippen LogP contribution >= 0.6 is 0 Å². The van der Waals surface area contributed by atoms with Crippen LogP contribution in [0.25, 0.3) is 0 Å². The van der Waals surface area contributed by atoms with Crippen molar-refractivity contribution in [2.45, 2.75) is 12.7 Å². The zero-order valence-corrected chi connectivity index (χ0v) is 9.66. The standard InChI is InChI=1S/C11H12F3N3O/c1-18-10-4-8(2-3-17-10)6-16-7-9(5-15)11(12,13)14/h2-4,9,16H,6-7H2,1H3. The van der Waals surface area contributed by atoms with E-state index in [4.69, 9.17) is 10.00 Å². The average molecular weight is 259 g/mol. The number of aromatic nitrogens is 1. The molecule has 98 valence electrons. The lowest BCUT2D eigenvalue weighted by molar-refractivity contribution is -0.157. The van der Waals surface area contributed by atoms with Gasteiger partial charge in [-0.05, 0) is 11.6 Å². The normalized spacial score (nSPS) is 12.8. The van der Waals surface area contributed by atoms with Crippen LogP contribution in [0.5, 0.6) is 5.88 Å². The lowest BCUT2D eigenvalue weighted by Crippen LogP contribution is -2.32. The van der Waals surface area contributed by atoms with Crippen LogP contribution in [-0.4, -0.2) is 24.8 Å². The van der Waals surface area contributed by atoms with Crippen molar-refractivity contribution in [2.75, 3.05) is 13.7 Å². The fourth-order valence-electron chi connectivity index (χ4n) is 1.27. The zero-order valence-electron chi connectivity index (χ0n) is 9.66. The Labute approximate surface area is 102 Å². The molecule has 0 aliphatic heterocycles. The van der Waals surface area contributed by atoms with E-state index in [1.165, 1.54) is 19.4 Å². The van der Waals surface area contributed by atoms with E-state index < -0.39 is 18.6 Å². The molecule has 1 heterocycles. The van der Waals surface area contributed by atoms with Crippen molar-refractivity contribution in [3.05, 3.63) is 23.9 Å². The minimum atomic E-state index is -4.50. The number of rotatable bonds is 5. The van der Waals surface area contributed by atoms with Crippen LogP contribution in [-0.2, 0) is 6.54 Å². The van der Waals surface area contributed by atoms with Crippen LogP contribution in [0.15, 0.2) is 18.3 Å². The van der Waals surface area contributed by atoms with E-state index >= 15 is 0 Å². The van der Waals surface area contributed by atoms with Gasteiger partial charge in [-0.3, -0.25) is 0 Å². The van der Waals surface area contributed by atoms with Crippen molar-refractivity contribution in [1.82, 2.24) is 10.3 Å². The third kappa shape index (κ3) is 4.22. The molecule has 0 bridgehead atoms. The summed E-state index contributed by atoms with van der Waals surface area (Å²) in [4.78, 5) is 3.87. The second-order valence-electron chi connectivity index (χ2n) is 3.56. The number of alkyl halides is 3. The molecule has 0 aliphatic rings. The highest BCUT2D eigenvalue weighted by molar-refractivity contribution is 5.20. The number of ether oxygens (including phenoxy) is 1. The van der Waals surface area contributed by atoms with Crippen molar-refractivity contribution >= 4 is 0 Å². The first kappa shape index (κ1) is 14.3. The van der Waals surface area contributed by atoms with E-state index in [9.17, 15) is 13.2 Å². The van der Waals surface area contributed by atoms with Gasteiger partial charge in [-0.15, -0.1) is 0 Å². The maximum atomic E-state index is 12.3. The van der Waals surface area contributed by atoms with Gasteiger partial charge in [0.15, 0.2) is 5.92 Å². The Balaban J connectivity index is 2.48. The van der Waals surface area contributed by atoms with Gasteiger partial charge < -0.3 is 10.1 Å². The first-order valence-electron chi connectivity index (χ1n) is 5.13. The molecule has 1 unspecified atom stereocenters. The Kier molecular flexibility index (Phi) is 4.92. The van der Waals surface area contributed by atoms with Crippen molar-refractivity contribution < 1.29 is 17.9 Å². The lowest BCUT2D eigenvalue weighted by atomic mass is 10.1. The second-order valence-corrected chi connectivity index (χ2v) is 3.56. The highest BCUT2D eigenvalue weighted by Crippen LogP contribution is 2.24. The van der Waals surface area contributed by atoms with E-state index in [2.05, 4.69) is 10.3 Å². The molecule has 0 spiro atoms. The summed E-state index contributed by atoms with van der Waals surface area (Å²) in [6, 6.07) is 4.50. The Morgan fingerprint density at radius 1 is 1.56 bits per heavy atom. The first-order valence-corrected chi connectivity index (χ1v) is 5.13. The van der Waals surface area contributed by atoms with Crippen molar-refractivity contribution in [3.63, 3.8) is 0 Å². The monoisotopic (exact) mass is 259 g/mol. The number of methoxy groups -OCH3 is 1. The SMILES string of the molecule is COc1cc(CNCC(C#N)C(F)(F)F)ccn1. The van der Waals surface area contributed by atoms with E-state index in [-0.39, 0.29) is 6.54 Å². The molecule has 1 aromatic rings. The van der Waals surface area contributed by atoms with Crippen LogP contribution < -0.4 is 10.1 Å². The molecule has 0 fully saturated rings. The topological polar surface area (TPSA) is 57.9 Å². The third-order valence-corrected chi connectivity index (χ3v) is 2.24. The molecule has 0 saturated heterocycles. The highest BCUT2D eigenvalue weighted by Gasteiger charge is 2.39. The van der Waals surface area contributed by atoms with Gasteiger partial charge in [0, 0.05) is 25.4 Å². The van der Waals surface area contributed by atoms with Crippen LogP contribution in [0.1, 0.15) is 5.56 Å². The summed E-state index contributed by atoms with van der Waals surface area (Å²) in [5.41, 5.74) is 0.737. The summed E-state index contributed by atoms with van der Waals surface area (Å²) >= 11 is 0. The van der Waals surface area contributed by atoms with Gasteiger partial charge in [-0.2, -0.15) is 18.4 Å². The van der Waals surface area contributed by atoms with Crippen LogP contribution in [0, 0.1) is 17.2 Å². The van der Waals surface area contributed by atoms with E-state index in [1.807, 2.05) is 0 Å². The molecular formula is C11H12F3N3O. The molecule has 1 rings (SSSR count). The minimum Gasteiger partial charge on any atom is -0.481 e. The predicted octanol–water partition coefficient (Wildman–Crippen LogP) is 1.88. The zero-order chi connectivity index (χ0) is 13.6. The Morgan fingerprint density at radius 3 is 2.83 bits per heavy atom. The molecule has 1 aromatic heterocycles. The fraction of sp³-hybridized carbons (Fsp3) is 0.455. The molecule has 0 amide bonds. The molecule has 1 atom stereocenters. The quantitative estimate of drug-likeness (QED) is 0.877. The molecule has 0 aliphatic carbocycles. The summed E-state index contributed by atoms with van der Waals surface area (Å²) in [7, 11) is 1.45. The minimum absolute atomic E-state index is 0.215. The van der Waals surface area contributed by atoms with Gasteiger partial charge in [-0.25, -0.2) is 4.98 Å². The Hall–Kier alpha value is -1.81. The van der Waals surface area contributed by atoms with Gasteiger partial charge >= 0.3 is 6.18 Å². The summed E-state index contributed by atoms with van der Waals surface area (Å²) in [6.45, 7) is -0.224. The highest BCUT2D eigenvalue weighted by atomic mass is 19.4. The number of nitrogens with one attached hydrogen (secondary N) is 1. The van der Waals surface area contributed by atoms with Crippen LogP contribution in [0.2, 0.25) is 0 Å². The number of hydrogen-bond donors (Lipinski definition) is 1. The summed E-state index contributed by atoms with van der Waals surface area (Å²) in [5.74, 6) is -1.61. The van der Waals surface area contributed by atoms with Gasteiger partial charge in [-0.1, -0.05) is 0 Å². The average Bonchev–Trinajstić information content (AvgIpc) is 2.33. The maximum absolute atomic E-state index is 12.3. The Bertz CT molecular complexity index is 428. The number of nitriles is 1. The predicted molar refractivity (Wildman–Crippen MR) is 57.7 cm³/mol. The van der Waals surface area contributed by atoms with Gasteiger partial charge in [0.05, 0.1) is 13.2 Å². The summed E-state index contributed by atoms with van der Waals surface area (Å²) in [6.07, 6.45) is -3.00. The maximum Gasteiger partial charge on any atom is 0.405 e. The van der Waals surface area contributed by atoms with Gasteiger partial charge in [0.25, 0.3) is 0 Å².